The van der Waals surface area contributed by atoms with E-state index in [1.54, 1.807) is 23.2 Å². The highest BCUT2D eigenvalue weighted by molar-refractivity contribution is 5.31. The van der Waals surface area contributed by atoms with Gasteiger partial charge < -0.3 is 14.3 Å². The first-order valence-corrected chi connectivity index (χ1v) is 6.55. The molecule has 19 heavy (non-hydrogen) atoms. The van der Waals surface area contributed by atoms with E-state index >= 15 is 0 Å². The van der Waals surface area contributed by atoms with E-state index < -0.39 is 0 Å². The van der Waals surface area contributed by atoms with Crippen molar-refractivity contribution in [1.82, 2.24) is 9.55 Å². The zero-order chi connectivity index (χ0) is 13.7. The van der Waals surface area contributed by atoms with Crippen LogP contribution in [0.1, 0.15) is 26.0 Å². The Morgan fingerprint density at radius 3 is 3.05 bits per heavy atom. The zero-order valence-corrected chi connectivity index (χ0v) is 11.3. The van der Waals surface area contributed by atoms with E-state index in [0.717, 1.165) is 18.6 Å². The highest BCUT2D eigenvalue weighted by atomic mass is 16.3. The van der Waals surface area contributed by atoms with Crippen LogP contribution in [0.4, 0.5) is 5.82 Å². The van der Waals surface area contributed by atoms with Crippen molar-refractivity contribution in [3.63, 3.8) is 0 Å². The Balaban J connectivity index is 1.95. The minimum absolute atomic E-state index is 0.0742. The predicted molar refractivity (Wildman–Crippen MR) is 74.3 cm³/mol. The summed E-state index contributed by atoms with van der Waals surface area (Å²) in [5, 5.41) is 3.16. The molecule has 2 rings (SSSR count). The van der Waals surface area contributed by atoms with Crippen LogP contribution in [-0.4, -0.2) is 15.6 Å². The van der Waals surface area contributed by atoms with E-state index in [1.165, 1.54) is 0 Å². The van der Waals surface area contributed by atoms with Crippen LogP contribution in [0.5, 0.6) is 0 Å². The van der Waals surface area contributed by atoms with E-state index in [9.17, 15) is 4.79 Å². The fraction of sp³-hybridized carbons (Fsp3) is 0.429. The van der Waals surface area contributed by atoms with Gasteiger partial charge in [-0.05, 0) is 32.4 Å². The first-order chi connectivity index (χ1) is 9.20. The largest absolute Gasteiger partial charge is 0.469 e. The van der Waals surface area contributed by atoms with Gasteiger partial charge in [-0.15, -0.1) is 0 Å². The number of aryl methyl sites for hydroxylation is 2. The molecule has 102 valence electrons. The predicted octanol–water partition coefficient (Wildman–Crippen LogP) is 2.29. The van der Waals surface area contributed by atoms with Crippen LogP contribution in [0, 0.1) is 0 Å². The number of aromatic nitrogens is 2. The third kappa shape index (κ3) is 3.47. The molecule has 2 aromatic rings. The van der Waals surface area contributed by atoms with E-state index in [2.05, 4.69) is 10.3 Å². The van der Waals surface area contributed by atoms with E-state index in [4.69, 9.17) is 4.42 Å². The first-order valence-electron chi connectivity index (χ1n) is 6.55. The number of nitrogens with zero attached hydrogens (tertiary/aromatic N) is 2. The van der Waals surface area contributed by atoms with Crippen LogP contribution in [0.3, 0.4) is 0 Å². The number of furan rings is 1. The molecule has 1 atom stereocenters. The Morgan fingerprint density at radius 2 is 2.37 bits per heavy atom. The van der Waals surface area contributed by atoms with Gasteiger partial charge in [0.15, 0.2) is 5.82 Å². The van der Waals surface area contributed by atoms with Crippen molar-refractivity contribution in [1.29, 1.82) is 0 Å². The van der Waals surface area contributed by atoms with Crippen LogP contribution in [0.2, 0.25) is 0 Å². The van der Waals surface area contributed by atoms with Crippen LogP contribution in [0.25, 0.3) is 0 Å². The van der Waals surface area contributed by atoms with Gasteiger partial charge in [0.05, 0.1) is 6.26 Å². The van der Waals surface area contributed by atoms with Gasteiger partial charge in [-0.25, -0.2) is 4.98 Å². The number of rotatable bonds is 6. The third-order valence-electron chi connectivity index (χ3n) is 3.04. The molecule has 0 amide bonds. The normalized spacial score (nSPS) is 12.3. The monoisotopic (exact) mass is 261 g/mol. The van der Waals surface area contributed by atoms with Gasteiger partial charge in [0.2, 0.25) is 0 Å². The van der Waals surface area contributed by atoms with Gasteiger partial charge in [0.25, 0.3) is 5.56 Å². The molecule has 0 spiro atoms. The summed E-state index contributed by atoms with van der Waals surface area (Å²) in [6.45, 7) is 4.62. The Bertz CT molecular complexity index is 560. The maximum absolute atomic E-state index is 12.0. The molecule has 0 aromatic carbocycles. The van der Waals surface area contributed by atoms with Crippen molar-refractivity contribution >= 4 is 5.82 Å². The fourth-order valence-electron chi connectivity index (χ4n) is 1.91. The lowest BCUT2D eigenvalue weighted by molar-refractivity contribution is 0.494. The highest BCUT2D eigenvalue weighted by Crippen LogP contribution is 2.08. The molecule has 0 radical (unpaired) electrons. The van der Waals surface area contributed by atoms with E-state index in [0.29, 0.717) is 12.4 Å². The summed E-state index contributed by atoms with van der Waals surface area (Å²) in [5.74, 6) is 1.37. The molecular formula is C14H19N3O2. The number of nitrogens with one attached hydrogen (secondary N) is 1. The van der Waals surface area contributed by atoms with Gasteiger partial charge in [0, 0.05) is 31.4 Å². The SMILES string of the molecule is CCn1ccnc(NC(C)CCc2ccco2)c1=O. The minimum Gasteiger partial charge on any atom is -0.469 e. The lowest BCUT2D eigenvalue weighted by atomic mass is 10.1. The molecule has 0 bridgehead atoms. The van der Waals surface area contributed by atoms with Crippen LogP contribution < -0.4 is 10.9 Å². The molecule has 1 N–H and O–H groups in total. The van der Waals surface area contributed by atoms with Gasteiger partial charge in [-0.1, -0.05) is 0 Å². The molecule has 2 heterocycles. The minimum atomic E-state index is -0.0742. The molecule has 5 nitrogen and oxygen atoms in total. The molecule has 0 fully saturated rings. The highest BCUT2D eigenvalue weighted by Gasteiger charge is 2.08. The molecule has 0 aliphatic rings. The quantitative estimate of drug-likeness (QED) is 0.866. The molecule has 0 saturated heterocycles. The lowest BCUT2D eigenvalue weighted by Gasteiger charge is -2.14. The molecule has 2 aromatic heterocycles. The summed E-state index contributed by atoms with van der Waals surface area (Å²) in [6.07, 6.45) is 6.74. The maximum atomic E-state index is 12.0. The van der Waals surface area contributed by atoms with Crippen molar-refractivity contribution in [2.24, 2.45) is 0 Å². The summed E-state index contributed by atoms with van der Waals surface area (Å²) in [7, 11) is 0. The maximum Gasteiger partial charge on any atom is 0.293 e. The van der Waals surface area contributed by atoms with Crippen molar-refractivity contribution in [3.05, 3.63) is 46.9 Å². The Hall–Kier alpha value is -2.04. The van der Waals surface area contributed by atoms with Crippen LogP contribution >= 0.6 is 0 Å². The van der Waals surface area contributed by atoms with Gasteiger partial charge in [-0.2, -0.15) is 0 Å². The first kappa shape index (κ1) is 13.4. The Labute approximate surface area is 112 Å². The van der Waals surface area contributed by atoms with Crippen molar-refractivity contribution in [2.45, 2.75) is 39.3 Å². The van der Waals surface area contributed by atoms with E-state index in [1.807, 2.05) is 26.0 Å². The van der Waals surface area contributed by atoms with Crippen molar-refractivity contribution < 1.29 is 4.42 Å². The molecule has 0 saturated carbocycles. The summed E-state index contributed by atoms with van der Waals surface area (Å²) in [5.41, 5.74) is -0.0742. The second-order valence-corrected chi connectivity index (χ2v) is 4.53. The average molecular weight is 261 g/mol. The summed E-state index contributed by atoms with van der Waals surface area (Å²) >= 11 is 0. The van der Waals surface area contributed by atoms with Crippen LogP contribution in [-0.2, 0) is 13.0 Å². The third-order valence-corrected chi connectivity index (χ3v) is 3.04. The van der Waals surface area contributed by atoms with Gasteiger partial charge in [-0.3, -0.25) is 4.79 Å². The van der Waals surface area contributed by atoms with Crippen molar-refractivity contribution in [3.8, 4) is 0 Å². The Kier molecular flexibility index (Phi) is 4.39. The molecule has 5 heteroatoms. The standard InChI is InChI=1S/C14H19N3O2/c1-3-17-9-8-15-13(14(17)18)16-11(2)6-7-12-5-4-10-19-12/h4-5,8-11H,3,6-7H2,1-2H3,(H,15,16). The molecule has 0 aliphatic carbocycles. The second-order valence-electron chi connectivity index (χ2n) is 4.53. The molecular weight excluding hydrogens is 242 g/mol. The topological polar surface area (TPSA) is 60.1 Å². The second kappa shape index (κ2) is 6.22. The van der Waals surface area contributed by atoms with Gasteiger partial charge >= 0.3 is 0 Å². The van der Waals surface area contributed by atoms with Crippen molar-refractivity contribution in [2.75, 3.05) is 5.32 Å². The zero-order valence-electron chi connectivity index (χ0n) is 11.3. The van der Waals surface area contributed by atoms with E-state index in [-0.39, 0.29) is 11.6 Å². The smallest absolute Gasteiger partial charge is 0.293 e. The Morgan fingerprint density at radius 1 is 1.53 bits per heavy atom. The molecule has 0 aliphatic heterocycles. The lowest BCUT2D eigenvalue weighted by Crippen LogP contribution is -2.27. The number of hydrogen-bond acceptors (Lipinski definition) is 4. The molecule has 1 unspecified atom stereocenters. The summed E-state index contributed by atoms with van der Waals surface area (Å²) in [4.78, 5) is 16.1. The van der Waals surface area contributed by atoms with Crippen LogP contribution in [0.15, 0.2) is 40.0 Å². The average Bonchev–Trinajstić information content (AvgIpc) is 2.92. The summed E-state index contributed by atoms with van der Waals surface area (Å²) in [6, 6.07) is 4.00. The van der Waals surface area contributed by atoms with Gasteiger partial charge in [0.1, 0.15) is 5.76 Å². The summed E-state index contributed by atoms with van der Waals surface area (Å²) < 4.78 is 6.92. The fourth-order valence-corrected chi connectivity index (χ4v) is 1.91. The number of anilines is 1. The number of hydrogen-bond donors (Lipinski definition) is 1.